The fraction of sp³-hybridized carbons (Fsp3) is 0.364. The van der Waals surface area contributed by atoms with E-state index < -0.39 is 0 Å². The molecule has 0 spiro atoms. The number of methoxy groups -OCH3 is 1. The lowest BCUT2D eigenvalue weighted by Gasteiger charge is -2.05. The molecule has 6 heteroatoms. The fourth-order valence-electron chi connectivity index (χ4n) is 1.57. The molecular formula is C11H15N5O. The molecule has 0 bridgehead atoms. The van der Waals surface area contributed by atoms with Gasteiger partial charge in [-0.15, -0.1) is 0 Å². The van der Waals surface area contributed by atoms with Gasteiger partial charge in [0.25, 0.3) is 0 Å². The van der Waals surface area contributed by atoms with Crippen LogP contribution in [-0.2, 0) is 13.1 Å². The van der Waals surface area contributed by atoms with Gasteiger partial charge in [-0.1, -0.05) is 0 Å². The summed E-state index contributed by atoms with van der Waals surface area (Å²) in [7, 11) is 1.64. The predicted molar refractivity (Wildman–Crippen MR) is 62.5 cm³/mol. The third kappa shape index (κ3) is 2.79. The molecule has 2 N–H and O–H groups in total. The van der Waals surface area contributed by atoms with Crippen molar-refractivity contribution in [2.75, 3.05) is 7.11 Å². The van der Waals surface area contributed by atoms with E-state index in [1.807, 2.05) is 19.1 Å². The number of aryl methyl sites for hydroxylation is 1. The third-order valence-electron chi connectivity index (χ3n) is 2.31. The lowest BCUT2D eigenvalue weighted by Crippen LogP contribution is -2.05. The smallest absolute Gasteiger partial charge is 0.164 e. The van der Waals surface area contributed by atoms with Crippen molar-refractivity contribution in [3.05, 3.63) is 35.7 Å². The maximum atomic E-state index is 5.45. The Labute approximate surface area is 99.4 Å². The minimum atomic E-state index is 0.345. The van der Waals surface area contributed by atoms with Gasteiger partial charge in [-0.25, -0.2) is 9.67 Å². The highest BCUT2D eigenvalue weighted by Crippen LogP contribution is 2.13. The average Bonchev–Trinajstić information content (AvgIpc) is 2.76. The lowest BCUT2D eigenvalue weighted by atomic mass is 10.3. The Kier molecular flexibility index (Phi) is 3.34. The number of hydrogen-bond donors (Lipinski definition) is 1. The van der Waals surface area contributed by atoms with Crippen molar-refractivity contribution in [1.82, 2.24) is 19.7 Å². The summed E-state index contributed by atoms with van der Waals surface area (Å²) in [6.07, 6.45) is 1.65. The Morgan fingerprint density at radius 1 is 1.41 bits per heavy atom. The Balaban J connectivity index is 2.20. The first kappa shape index (κ1) is 11.5. The van der Waals surface area contributed by atoms with Gasteiger partial charge in [-0.2, -0.15) is 5.10 Å². The molecule has 6 nitrogen and oxygen atoms in total. The first-order chi connectivity index (χ1) is 8.21. The number of aromatic nitrogens is 4. The molecule has 0 atom stereocenters. The van der Waals surface area contributed by atoms with E-state index >= 15 is 0 Å². The molecule has 0 amide bonds. The monoisotopic (exact) mass is 233 g/mol. The molecule has 0 fully saturated rings. The van der Waals surface area contributed by atoms with E-state index in [9.17, 15) is 0 Å². The van der Waals surface area contributed by atoms with E-state index in [0.717, 1.165) is 17.1 Å². The van der Waals surface area contributed by atoms with Crippen molar-refractivity contribution in [3.8, 4) is 5.75 Å². The normalized spacial score (nSPS) is 10.5. The molecular weight excluding hydrogens is 218 g/mol. The van der Waals surface area contributed by atoms with Crippen molar-refractivity contribution in [2.45, 2.75) is 20.0 Å². The quantitative estimate of drug-likeness (QED) is 0.831. The standard InChI is InChI=1S/C11H15N5O/c1-8-3-10(17-2)4-9(14-8)6-16-7-13-11(5-12)15-16/h3-4,7H,5-6,12H2,1-2H3. The first-order valence-electron chi connectivity index (χ1n) is 5.31. The van der Waals surface area contributed by atoms with Crippen LogP contribution < -0.4 is 10.5 Å². The van der Waals surface area contributed by atoms with Crippen molar-refractivity contribution in [1.29, 1.82) is 0 Å². The Bertz CT molecular complexity index is 508. The van der Waals surface area contributed by atoms with Crippen molar-refractivity contribution < 1.29 is 4.74 Å². The van der Waals surface area contributed by atoms with Crippen LogP contribution in [0.15, 0.2) is 18.5 Å². The van der Waals surface area contributed by atoms with Crippen molar-refractivity contribution in [2.24, 2.45) is 5.73 Å². The van der Waals surface area contributed by atoms with Crippen LogP contribution in [0.5, 0.6) is 5.75 Å². The number of rotatable bonds is 4. The van der Waals surface area contributed by atoms with E-state index in [-0.39, 0.29) is 0 Å². The molecule has 17 heavy (non-hydrogen) atoms. The van der Waals surface area contributed by atoms with Crippen LogP contribution in [0.1, 0.15) is 17.2 Å². The van der Waals surface area contributed by atoms with Crippen LogP contribution in [0.2, 0.25) is 0 Å². The summed E-state index contributed by atoms with van der Waals surface area (Å²) < 4.78 is 6.91. The second kappa shape index (κ2) is 4.92. The van der Waals surface area contributed by atoms with E-state index in [1.54, 1.807) is 18.1 Å². The number of nitrogens with two attached hydrogens (primary N) is 1. The Morgan fingerprint density at radius 3 is 2.88 bits per heavy atom. The lowest BCUT2D eigenvalue weighted by molar-refractivity contribution is 0.412. The van der Waals surface area contributed by atoms with Crippen molar-refractivity contribution in [3.63, 3.8) is 0 Å². The minimum Gasteiger partial charge on any atom is -0.497 e. The summed E-state index contributed by atoms with van der Waals surface area (Å²) in [4.78, 5) is 8.48. The highest BCUT2D eigenvalue weighted by atomic mass is 16.5. The highest BCUT2D eigenvalue weighted by Gasteiger charge is 2.03. The second-order valence-electron chi connectivity index (χ2n) is 3.70. The van der Waals surface area contributed by atoms with Gasteiger partial charge in [0, 0.05) is 17.8 Å². The third-order valence-corrected chi connectivity index (χ3v) is 2.31. The van der Waals surface area contributed by atoms with Crippen LogP contribution in [0.25, 0.3) is 0 Å². The van der Waals surface area contributed by atoms with Crippen LogP contribution in [0, 0.1) is 6.92 Å². The molecule has 0 saturated carbocycles. The Hall–Kier alpha value is -1.95. The van der Waals surface area contributed by atoms with E-state index in [2.05, 4.69) is 15.1 Å². The SMILES string of the molecule is COc1cc(C)nc(Cn2cnc(CN)n2)c1. The second-order valence-corrected chi connectivity index (χ2v) is 3.70. The molecule has 90 valence electrons. The van der Waals surface area contributed by atoms with Gasteiger partial charge in [-0.3, -0.25) is 4.98 Å². The summed E-state index contributed by atoms with van der Waals surface area (Å²) in [6, 6.07) is 3.77. The molecule has 0 aliphatic rings. The number of pyridine rings is 1. The van der Waals surface area contributed by atoms with Gasteiger partial charge < -0.3 is 10.5 Å². The van der Waals surface area contributed by atoms with E-state index in [0.29, 0.717) is 18.9 Å². The average molecular weight is 233 g/mol. The molecule has 2 aromatic rings. The summed E-state index contributed by atoms with van der Waals surface area (Å²) in [5, 5.41) is 4.21. The molecule has 0 aliphatic carbocycles. The summed E-state index contributed by atoms with van der Waals surface area (Å²) >= 11 is 0. The maximum Gasteiger partial charge on any atom is 0.164 e. The molecule has 0 saturated heterocycles. The number of nitrogens with zero attached hydrogens (tertiary/aromatic N) is 4. The number of hydrogen-bond acceptors (Lipinski definition) is 5. The minimum absolute atomic E-state index is 0.345. The van der Waals surface area contributed by atoms with Gasteiger partial charge in [0.2, 0.25) is 0 Å². The molecule has 2 aromatic heterocycles. The fourth-order valence-corrected chi connectivity index (χ4v) is 1.57. The Morgan fingerprint density at radius 2 is 2.24 bits per heavy atom. The molecule has 0 radical (unpaired) electrons. The van der Waals surface area contributed by atoms with E-state index in [4.69, 9.17) is 10.5 Å². The van der Waals surface area contributed by atoms with Gasteiger partial charge >= 0.3 is 0 Å². The van der Waals surface area contributed by atoms with E-state index in [1.165, 1.54) is 0 Å². The molecule has 2 heterocycles. The van der Waals surface area contributed by atoms with Gasteiger partial charge in [0.05, 0.1) is 25.9 Å². The molecule has 2 rings (SSSR count). The van der Waals surface area contributed by atoms with Gasteiger partial charge in [0.1, 0.15) is 12.1 Å². The summed E-state index contributed by atoms with van der Waals surface area (Å²) in [5.74, 6) is 1.43. The topological polar surface area (TPSA) is 78.8 Å². The zero-order valence-electron chi connectivity index (χ0n) is 9.92. The van der Waals surface area contributed by atoms with Crippen LogP contribution in [0.4, 0.5) is 0 Å². The van der Waals surface area contributed by atoms with Crippen molar-refractivity contribution >= 4 is 0 Å². The van der Waals surface area contributed by atoms with Gasteiger partial charge in [-0.05, 0) is 6.92 Å². The van der Waals surface area contributed by atoms with Gasteiger partial charge in [0.15, 0.2) is 5.82 Å². The maximum absolute atomic E-state index is 5.45. The van der Waals surface area contributed by atoms with Crippen LogP contribution in [-0.4, -0.2) is 26.9 Å². The summed E-state index contributed by atoms with van der Waals surface area (Å²) in [5.41, 5.74) is 7.25. The summed E-state index contributed by atoms with van der Waals surface area (Å²) in [6.45, 7) is 2.83. The zero-order valence-corrected chi connectivity index (χ0v) is 9.92. The highest BCUT2D eigenvalue weighted by molar-refractivity contribution is 5.26. The molecule has 0 aromatic carbocycles. The van der Waals surface area contributed by atoms with Crippen LogP contribution >= 0.6 is 0 Å². The number of ether oxygens (including phenoxy) is 1. The van der Waals surface area contributed by atoms with Crippen LogP contribution in [0.3, 0.4) is 0 Å². The molecule has 0 aliphatic heterocycles. The zero-order chi connectivity index (χ0) is 12.3. The predicted octanol–water partition coefficient (Wildman–Crippen LogP) is 0.497. The largest absolute Gasteiger partial charge is 0.497 e. The first-order valence-corrected chi connectivity index (χ1v) is 5.31. The molecule has 0 unspecified atom stereocenters.